The standard InChI is InChI=1S/C19H25N3O2/c1-3-22(18-12-8-7-9-16(18)2)14-13-20-19(23)21-24-15-17-10-5-4-6-11-17/h4-12H,3,13-15H2,1-2H3,(H2,20,21,23). The van der Waals surface area contributed by atoms with Gasteiger partial charge in [-0.25, -0.2) is 10.3 Å². The third kappa shape index (κ3) is 5.59. The summed E-state index contributed by atoms with van der Waals surface area (Å²) in [6.45, 7) is 6.72. The van der Waals surface area contributed by atoms with E-state index >= 15 is 0 Å². The fourth-order valence-electron chi connectivity index (χ4n) is 2.47. The molecule has 0 aromatic heterocycles. The highest BCUT2D eigenvalue weighted by atomic mass is 16.7. The van der Waals surface area contributed by atoms with Gasteiger partial charge in [0.25, 0.3) is 0 Å². The number of para-hydroxylation sites is 1. The van der Waals surface area contributed by atoms with Crippen molar-refractivity contribution >= 4 is 11.7 Å². The van der Waals surface area contributed by atoms with E-state index in [1.807, 2.05) is 42.5 Å². The summed E-state index contributed by atoms with van der Waals surface area (Å²) in [4.78, 5) is 19.2. The van der Waals surface area contributed by atoms with Crippen LogP contribution < -0.4 is 15.7 Å². The molecule has 0 saturated carbocycles. The fourth-order valence-corrected chi connectivity index (χ4v) is 2.47. The highest BCUT2D eigenvalue weighted by Crippen LogP contribution is 2.18. The van der Waals surface area contributed by atoms with Crippen LogP contribution in [0.5, 0.6) is 0 Å². The Kier molecular flexibility index (Phi) is 7.11. The molecule has 0 atom stereocenters. The quantitative estimate of drug-likeness (QED) is 0.732. The number of carbonyl (C=O) groups is 1. The van der Waals surface area contributed by atoms with Crippen LogP contribution in [0.15, 0.2) is 54.6 Å². The van der Waals surface area contributed by atoms with Gasteiger partial charge in [0.2, 0.25) is 0 Å². The topological polar surface area (TPSA) is 53.6 Å². The molecule has 24 heavy (non-hydrogen) atoms. The van der Waals surface area contributed by atoms with Crippen LogP contribution in [0.2, 0.25) is 0 Å². The smallest absolute Gasteiger partial charge is 0.338 e. The molecule has 0 aliphatic carbocycles. The van der Waals surface area contributed by atoms with Crippen molar-refractivity contribution in [2.45, 2.75) is 20.5 Å². The predicted octanol–water partition coefficient (Wildman–Crippen LogP) is 3.25. The molecule has 2 rings (SSSR count). The SMILES string of the molecule is CCN(CCNC(=O)NOCc1ccccc1)c1ccccc1C. The van der Waals surface area contributed by atoms with E-state index in [1.165, 1.54) is 11.3 Å². The highest BCUT2D eigenvalue weighted by Gasteiger charge is 2.07. The van der Waals surface area contributed by atoms with Crippen LogP contribution in [0.3, 0.4) is 0 Å². The van der Waals surface area contributed by atoms with Crippen LogP contribution in [0.25, 0.3) is 0 Å². The van der Waals surface area contributed by atoms with Gasteiger partial charge in [0.1, 0.15) is 0 Å². The fraction of sp³-hybridized carbons (Fsp3) is 0.316. The van der Waals surface area contributed by atoms with Gasteiger partial charge in [0.15, 0.2) is 0 Å². The van der Waals surface area contributed by atoms with Gasteiger partial charge in [0.05, 0.1) is 6.61 Å². The first-order valence-electron chi connectivity index (χ1n) is 8.21. The first-order chi connectivity index (χ1) is 11.7. The summed E-state index contributed by atoms with van der Waals surface area (Å²) in [5, 5.41) is 2.81. The molecule has 128 valence electrons. The highest BCUT2D eigenvalue weighted by molar-refractivity contribution is 5.72. The lowest BCUT2D eigenvalue weighted by molar-refractivity contribution is 0.0492. The molecule has 0 aliphatic heterocycles. The number of nitrogens with one attached hydrogen (secondary N) is 2. The van der Waals surface area contributed by atoms with Crippen LogP contribution in [0.1, 0.15) is 18.1 Å². The van der Waals surface area contributed by atoms with E-state index in [2.05, 4.69) is 41.7 Å². The number of likely N-dealkylation sites (N-methyl/N-ethyl adjacent to an activating group) is 1. The van der Waals surface area contributed by atoms with Gasteiger partial charge in [0, 0.05) is 25.3 Å². The maximum absolute atomic E-state index is 11.7. The molecule has 2 aromatic carbocycles. The lowest BCUT2D eigenvalue weighted by Gasteiger charge is -2.25. The molecule has 5 nitrogen and oxygen atoms in total. The van der Waals surface area contributed by atoms with Gasteiger partial charge >= 0.3 is 6.03 Å². The van der Waals surface area contributed by atoms with Crippen LogP contribution >= 0.6 is 0 Å². The second-order valence-electron chi connectivity index (χ2n) is 5.50. The second-order valence-corrected chi connectivity index (χ2v) is 5.50. The van der Waals surface area contributed by atoms with Crippen molar-refractivity contribution in [3.05, 3.63) is 65.7 Å². The summed E-state index contributed by atoms with van der Waals surface area (Å²) in [6, 6.07) is 17.6. The van der Waals surface area contributed by atoms with E-state index in [-0.39, 0.29) is 6.03 Å². The van der Waals surface area contributed by atoms with Gasteiger partial charge in [-0.3, -0.25) is 4.84 Å². The average molecular weight is 327 g/mol. The minimum atomic E-state index is -0.327. The Labute approximate surface area is 143 Å². The Balaban J connectivity index is 1.69. The molecule has 0 spiro atoms. The van der Waals surface area contributed by atoms with E-state index in [0.29, 0.717) is 13.2 Å². The third-order valence-corrected chi connectivity index (χ3v) is 3.75. The van der Waals surface area contributed by atoms with E-state index in [9.17, 15) is 4.79 Å². The maximum Gasteiger partial charge on any atom is 0.338 e. The number of benzene rings is 2. The number of rotatable bonds is 8. The summed E-state index contributed by atoms with van der Waals surface area (Å²) < 4.78 is 0. The van der Waals surface area contributed by atoms with Crippen LogP contribution in [0, 0.1) is 6.92 Å². The number of hydrogen-bond donors (Lipinski definition) is 2. The number of anilines is 1. The van der Waals surface area contributed by atoms with Gasteiger partial charge in [-0.15, -0.1) is 0 Å². The number of nitrogens with zero attached hydrogens (tertiary/aromatic N) is 1. The lowest BCUT2D eigenvalue weighted by atomic mass is 10.2. The monoisotopic (exact) mass is 327 g/mol. The van der Waals surface area contributed by atoms with Crippen molar-refractivity contribution in [3.63, 3.8) is 0 Å². The molecule has 0 saturated heterocycles. The first-order valence-corrected chi connectivity index (χ1v) is 8.21. The van der Waals surface area contributed by atoms with Crippen LogP contribution in [-0.2, 0) is 11.4 Å². The first kappa shape index (κ1) is 17.8. The van der Waals surface area contributed by atoms with E-state index in [4.69, 9.17) is 4.84 Å². The Morgan fingerprint density at radius 2 is 1.79 bits per heavy atom. The molecule has 2 N–H and O–H groups in total. The molecular weight excluding hydrogens is 302 g/mol. The number of hydrogen-bond acceptors (Lipinski definition) is 3. The lowest BCUT2D eigenvalue weighted by Crippen LogP contribution is -2.40. The number of hydroxylamine groups is 1. The summed E-state index contributed by atoms with van der Waals surface area (Å²) in [5.74, 6) is 0. The van der Waals surface area contributed by atoms with Gasteiger partial charge in [-0.1, -0.05) is 48.5 Å². The summed E-state index contributed by atoms with van der Waals surface area (Å²) in [5.41, 5.74) is 5.84. The minimum Gasteiger partial charge on any atom is -0.370 e. The van der Waals surface area contributed by atoms with Crippen molar-refractivity contribution in [2.75, 3.05) is 24.5 Å². The number of aryl methyl sites for hydroxylation is 1. The molecule has 2 aromatic rings. The molecule has 2 amide bonds. The van der Waals surface area contributed by atoms with Crippen molar-refractivity contribution in [1.82, 2.24) is 10.8 Å². The maximum atomic E-state index is 11.7. The third-order valence-electron chi connectivity index (χ3n) is 3.75. The normalized spacial score (nSPS) is 10.2. The number of carbonyl (C=O) groups excluding carboxylic acids is 1. The van der Waals surface area contributed by atoms with Crippen LogP contribution in [0.4, 0.5) is 10.5 Å². The Morgan fingerprint density at radius 1 is 1.08 bits per heavy atom. The number of urea groups is 1. The molecule has 0 bridgehead atoms. The minimum absolute atomic E-state index is 0.327. The van der Waals surface area contributed by atoms with Crippen molar-refractivity contribution < 1.29 is 9.63 Å². The molecule has 0 aliphatic rings. The average Bonchev–Trinajstić information content (AvgIpc) is 2.60. The zero-order chi connectivity index (χ0) is 17.2. The molecule has 0 fully saturated rings. The van der Waals surface area contributed by atoms with Crippen molar-refractivity contribution in [1.29, 1.82) is 0 Å². The predicted molar refractivity (Wildman–Crippen MR) is 96.8 cm³/mol. The van der Waals surface area contributed by atoms with Gasteiger partial charge in [-0.05, 0) is 31.0 Å². The van der Waals surface area contributed by atoms with Gasteiger partial charge < -0.3 is 10.2 Å². The Bertz CT molecular complexity index is 632. The molecule has 0 radical (unpaired) electrons. The second kappa shape index (κ2) is 9.57. The zero-order valence-corrected chi connectivity index (χ0v) is 14.3. The largest absolute Gasteiger partial charge is 0.370 e. The zero-order valence-electron chi connectivity index (χ0n) is 14.3. The van der Waals surface area contributed by atoms with Crippen LogP contribution in [-0.4, -0.2) is 25.7 Å². The summed E-state index contributed by atoms with van der Waals surface area (Å²) in [6.07, 6.45) is 0. The summed E-state index contributed by atoms with van der Waals surface area (Å²) in [7, 11) is 0. The summed E-state index contributed by atoms with van der Waals surface area (Å²) >= 11 is 0. The molecular formula is C19H25N3O2. The number of amides is 2. The van der Waals surface area contributed by atoms with E-state index < -0.39 is 0 Å². The van der Waals surface area contributed by atoms with E-state index in [1.54, 1.807) is 0 Å². The van der Waals surface area contributed by atoms with Crippen molar-refractivity contribution in [2.24, 2.45) is 0 Å². The molecule has 5 heteroatoms. The molecule has 0 unspecified atom stereocenters. The Morgan fingerprint density at radius 3 is 2.50 bits per heavy atom. The van der Waals surface area contributed by atoms with E-state index in [0.717, 1.165) is 18.7 Å². The molecule has 0 heterocycles. The Hall–Kier alpha value is -2.53. The van der Waals surface area contributed by atoms with Crippen molar-refractivity contribution in [3.8, 4) is 0 Å². The van der Waals surface area contributed by atoms with Gasteiger partial charge in [-0.2, -0.15) is 0 Å².